The van der Waals surface area contributed by atoms with Gasteiger partial charge in [-0.15, -0.1) is 0 Å². The summed E-state index contributed by atoms with van der Waals surface area (Å²) in [5, 5.41) is 18.7. The highest BCUT2D eigenvalue weighted by molar-refractivity contribution is 5.89. The van der Waals surface area contributed by atoms with Gasteiger partial charge in [0.15, 0.2) is 0 Å². The minimum absolute atomic E-state index is 0.0462. The molecule has 2 amide bonds. The molecular formula is C28H29N5O6. The molecule has 39 heavy (non-hydrogen) atoms. The molecule has 3 N–H and O–H groups in total. The first-order valence-corrected chi connectivity index (χ1v) is 12.4. The summed E-state index contributed by atoms with van der Waals surface area (Å²) in [7, 11) is 0. The van der Waals surface area contributed by atoms with Gasteiger partial charge in [-0.05, 0) is 42.2 Å². The van der Waals surface area contributed by atoms with Crippen molar-refractivity contribution >= 4 is 34.8 Å². The van der Waals surface area contributed by atoms with Crippen molar-refractivity contribution in [3.8, 4) is 11.3 Å². The second-order valence-electron chi connectivity index (χ2n) is 9.45. The van der Waals surface area contributed by atoms with Crippen LogP contribution < -0.4 is 10.7 Å². The van der Waals surface area contributed by atoms with Crippen LogP contribution in [0.25, 0.3) is 22.2 Å². The van der Waals surface area contributed by atoms with Crippen LogP contribution in [-0.4, -0.2) is 40.8 Å². The summed E-state index contributed by atoms with van der Waals surface area (Å²) in [6.45, 7) is 5.87. The van der Waals surface area contributed by atoms with Crippen molar-refractivity contribution < 1.29 is 23.7 Å². The number of aromatic nitrogens is 1. The van der Waals surface area contributed by atoms with Crippen molar-refractivity contribution in [3.05, 3.63) is 87.8 Å². The van der Waals surface area contributed by atoms with Gasteiger partial charge in [-0.25, -0.2) is 10.2 Å². The lowest BCUT2D eigenvalue weighted by molar-refractivity contribution is -0.384. The van der Waals surface area contributed by atoms with Gasteiger partial charge in [0, 0.05) is 41.2 Å². The molecule has 1 unspecified atom stereocenters. The summed E-state index contributed by atoms with van der Waals surface area (Å²) < 4.78 is 11.0. The molecule has 0 saturated carbocycles. The number of rotatable bonds is 10. The third-order valence-electron chi connectivity index (χ3n) is 5.95. The molecule has 1 atom stereocenters. The van der Waals surface area contributed by atoms with E-state index in [9.17, 15) is 19.7 Å². The standard InChI is InChI=1S/C28H29N5O6/c1-17(2)16-38-28(35)31-25(12-19-14-29-24-7-5-4-6-22(19)24)27(34)32-30-15-21-10-11-26(39-21)23-13-20(33(36)37)9-8-18(23)3/h4-11,13-15,17,25,29H,12,16H2,1-3H3,(H,31,35)(H,32,34). The number of benzene rings is 2. The highest BCUT2D eigenvalue weighted by Gasteiger charge is 2.23. The van der Waals surface area contributed by atoms with Crippen molar-refractivity contribution in [1.82, 2.24) is 15.7 Å². The molecular weight excluding hydrogens is 502 g/mol. The predicted octanol–water partition coefficient (Wildman–Crippen LogP) is 5.09. The van der Waals surface area contributed by atoms with E-state index in [0.29, 0.717) is 17.1 Å². The van der Waals surface area contributed by atoms with Crippen LogP contribution in [0.15, 0.2) is 70.3 Å². The topological polar surface area (TPSA) is 152 Å². The lowest BCUT2D eigenvalue weighted by Gasteiger charge is -2.17. The van der Waals surface area contributed by atoms with Gasteiger partial charge in [0.05, 0.1) is 17.7 Å². The third-order valence-corrected chi connectivity index (χ3v) is 5.95. The Hall–Kier alpha value is -4.93. The number of non-ortho nitro benzene ring substituents is 1. The molecule has 2 aromatic heterocycles. The van der Waals surface area contributed by atoms with E-state index in [4.69, 9.17) is 9.15 Å². The molecule has 0 aliphatic carbocycles. The van der Waals surface area contributed by atoms with Gasteiger partial charge < -0.3 is 19.5 Å². The lowest BCUT2D eigenvalue weighted by atomic mass is 10.0. The van der Waals surface area contributed by atoms with Gasteiger partial charge in [-0.2, -0.15) is 5.10 Å². The number of carbonyl (C=O) groups excluding carboxylic acids is 2. The third kappa shape index (κ3) is 6.89. The van der Waals surface area contributed by atoms with Crippen LogP contribution >= 0.6 is 0 Å². The number of hydrogen-bond donors (Lipinski definition) is 3. The van der Waals surface area contributed by atoms with Crippen LogP contribution in [0.2, 0.25) is 0 Å². The van der Waals surface area contributed by atoms with Gasteiger partial charge in [0.25, 0.3) is 11.6 Å². The summed E-state index contributed by atoms with van der Waals surface area (Å²) in [6.07, 6.45) is 2.62. The SMILES string of the molecule is Cc1ccc([N+](=O)[O-])cc1-c1ccc(C=NNC(=O)C(Cc2c[nH]c3ccccc23)NC(=O)OCC(C)C)o1. The molecule has 0 aliphatic rings. The maximum Gasteiger partial charge on any atom is 0.407 e. The summed E-state index contributed by atoms with van der Waals surface area (Å²) in [4.78, 5) is 39.2. The Labute approximate surface area is 224 Å². The van der Waals surface area contributed by atoms with E-state index in [-0.39, 0.29) is 24.6 Å². The predicted molar refractivity (Wildman–Crippen MR) is 146 cm³/mol. The highest BCUT2D eigenvalue weighted by atomic mass is 16.6. The molecule has 0 saturated heterocycles. The lowest BCUT2D eigenvalue weighted by Crippen LogP contribution is -2.47. The number of carbonyl (C=O) groups is 2. The number of ether oxygens (including phenoxy) is 1. The van der Waals surface area contributed by atoms with Crippen LogP contribution in [0.5, 0.6) is 0 Å². The molecule has 0 fully saturated rings. The fraction of sp³-hybridized carbons (Fsp3) is 0.250. The van der Waals surface area contributed by atoms with E-state index in [1.54, 1.807) is 24.4 Å². The number of aryl methyl sites for hydroxylation is 1. The number of para-hydroxylation sites is 1. The number of nitrogens with one attached hydrogen (secondary N) is 3. The fourth-order valence-corrected chi connectivity index (χ4v) is 3.95. The van der Waals surface area contributed by atoms with E-state index in [1.807, 2.05) is 45.0 Å². The molecule has 0 radical (unpaired) electrons. The van der Waals surface area contributed by atoms with Gasteiger partial charge in [0.1, 0.15) is 17.6 Å². The number of aromatic amines is 1. The quantitative estimate of drug-likeness (QED) is 0.147. The Kier molecular flexibility index (Phi) is 8.40. The van der Waals surface area contributed by atoms with E-state index in [0.717, 1.165) is 22.0 Å². The molecule has 0 bridgehead atoms. The number of H-pyrrole nitrogens is 1. The van der Waals surface area contributed by atoms with Crippen molar-refractivity contribution in [2.24, 2.45) is 11.0 Å². The molecule has 11 heteroatoms. The second kappa shape index (κ2) is 12.1. The van der Waals surface area contributed by atoms with Crippen molar-refractivity contribution in [1.29, 1.82) is 0 Å². The van der Waals surface area contributed by atoms with Gasteiger partial charge in [-0.1, -0.05) is 38.1 Å². The normalized spacial score (nSPS) is 12.1. The zero-order valence-electron chi connectivity index (χ0n) is 21.8. The number of amides is 2. The molecule has 11 nitrogen and oxygen atoms in total. The summed E-state index contributed by atoms with van der Waals surface area (Å²) in [5.74, 6) is 0.356. The number of hydrogen-bond acceptors (Lipinski definition) is 7. The largest absolute Gasteiger partial charge is 0.455 e. The average molecular weight is 532 g/mol. The van der Waals surface area contributed by atoms with Crippen LogP contribution in [0.4, 0.5) is 10.5 Å². The van der Waals surface area contributed by atoms with Gasteiger partial charge in [0.2, 0.25) is 0 Å². The van der Waals surface area contributed by atoms with E-state index in [2.05, 4.69) is 20.8 Å². The maximum absolute atomic E-state index is 13.0. The van der Waals surface area contributed by atoms with Crippen LogP contribution in [0.3, 0.4) is 0 Å². The molecule has 202 valence electrons. The number of nitro groups is 1. The number of fused-ring (bicyclic) bond motifs is 1. The molecule has 0 spiro atoms. The Morgan fingerprint density at radius 2 is 1.97 bits per heavy atom. The Balaban J connectivity index is 1.46. The second-order valence-corrected chi connectivity index (χ2v) is 9.45. The monoisotopic (exact) mass is 531 g/mol. The first-order chi connectivity index (χ1) is 18.7. The van der Waals surface area contributed by atoms with Gasteiger partial charge in [-0.3, -0.25) is 14.9 Å². The Morgan fingerprint density at radius 1 is 1.18 bits per heavy atom. The number of alkyl carbamates (subject to hydrolysis) is 1. The highest BCUT2D eigenvalue weighted by Crippen LogP contribution is 2.29. The summed E-state index contributed by atoms with van der Waals surface area (Å²) >= 11 is 0. The zero-order valence-corrected chi connectivity index (χ0v) is 21.8. The number of nitrogens with zero attached hydrogens (tertiary/aromatic N) is 2. The minimum atomic E-state index is -0.958. The number of nitro benzene ring substituents is 1. The number of furan rings is 1. The smallest absolute Gasteiger partial charge is 0.407 e. The van der Waals surface area contributed by atoms with Crippen LogP contribution in [0, 0.1) is 23.0 Å². The Bertz CT molecular complexity index is 1520. The van der Waals surface area contributed by atoms with Crippen molar-refractivity contribution in [2.75, 3.05) is 6.61 Å². The fourth-order valence-electron chi connectivity index (χ4n) is 3.95. The molecule has 4 rings (SSSR count). The molecule has 4 aromatic rings. The zero-order chi connectivity index (χ0) is 27.9. The molecule has 2 heterocycles. The maximum atomic E-state index is 13.0. The average Bonchev–Trinajstić information content (AvgIpc) is 3.54. The molecule has 0 aliphatic heterocycles. The number of hydrazone groups is 1. The van der Waals surface area contributed by atoms with Crippen LogP contribution in [-0.2, 0) is 16.0 Å². The van der Waals surface area contributed by atoms with Crippen molar-refractivity contribution in [3.63, 3.8) is 0 Å². The summed E-state index contributed by atoms with van der Waals surface area (Å²) in [6, 6.07) is 14.5. The van der Waals surface area contributed by atoms with E-state index >= 15 is 0 Å². The van der Waals surface area contributed by atoms with Gasteiger partial charge >= 0.3 is 6.09 Å². The first-order valence-electron chi connectivity index (χ1n) is 12.4. The van der Waals surface area contributed by atoms with Crippen molar-refractivity contribution in [2.45, 2.75) is 33.2 Å². The Morgan fingerprint density at radius 3 is 2.74 bits per heavy atom. The molecule has 2 aromatic carbocycles. The van der Waals surface area contributed by atoms with E-state index < -0.39 is 23.0 Å². The summed E-state index contributed by atoms with van der Waals surface area (Å²) in [5.41, 5.74) is 5.55. The first kappa shape index (κ1) is 27.1. The minimum Gasteiger partial charge on any atom is -0.455 e. The van der Waals surface area contributed by atoms with Crippen LogP contribution in [0.1, 0.15) is 30.7 Å². The van der Waals surface area contributed by atoms with E-state index in [1.165, 1.54) is 18.3 Å².